The van der Waals surface area contributed by atoms with Crippen LogP contribution in [0, 0.1) is 5.82 Å². The number of hydrogen-bond donors (Lipinski definition) is 1. The quantitative estimate of drug-likeness (QED) is 0.455. The van der Waals surface area contributed by atoms with Crippen molar-refractivity contribution in [2.75, 3.05) is 18.5 Å². The molecule has 1 heterocycles. The molecule has 0 spiro atoms. The molecule has 3 aromatic carbocycles. The zero-order valence-electron chi connectivity index (χ0n) is 19.0. The Morgan fingerprint density at radius 3 is 1.97 bits per heavy atom. The zero-order chi connectivity index (χ0) is 24.1. The number of benzene rings is 3. The highest BCUT2D eigenvalue weighted by Gasteiger charge is 2.39. The molecule has 0 saturated carbocycles. The van der Waals surface area contributed by atoms with Gasteiger partial charge in [0.25, 0.3) is 11.8 Å². The van der Waals surface area contributed by atoms with Gasteiger partial charge in [-0.3, -0.25) is 14.5 Å². The topological polar surface area (TPSA) is 67.9 Å². The number of nitrogens with zero attached hydrogens (tertiary/aromatic N) is 1. The number of rotatable bonds is 9. The third kappa shape index (κ3) is 4.78. The smallest absolute Gasteiger partial charge is 0.278 e. The lowest BCUT2D eigenvalue weighted by molar-refractivity contribution is -0.137. The molecule has 1 aliphatic rings. The lowest BCUT2D eigenvalue weighted by atomic mass is 10.0. The molecule has 0 aromatic heterocycles. The van der Waals surface area contributed by atoms with Crippen LogP contribution < -0.4 is 14.8 Å². The molecule has 34 heavy (non-hydrogen) atoms. The summed E-state index contributed by atoms with van der Waals surface area (Å²) in [6.45, 7) is 4.67. The Hall–Kier alpha value is -4.13. The number of imide groups is 1. The van der Waals surface area contributed by atoms with Crippen molar-refractivity contribution >= 4 is 23.1 Å². The largest absolute Gasteiger partial charge is 0.494 e. The number of carbonyl (C=O) groups excluding carboxylic acids is 2. The molecule has 1 N–H and O–H groups in total. The fourth-order valence-electron chi connectivity index (χ4n) is 3.73. The van der Waals surface area contributed by atoms with Crippen molar-refractivity contribution in [2.24, 2.45) is 0 Å². The van der Waals surface area contributed by atoms with Crippen LogP contribution in [-0.2, 0) is 16.1 Å². The first kappa shape index (κ1) is 23.0. The second kappa shape index (κ2) is 10.2. The van der Waals surface area contributed by atoms with Gasteiger partial charge in [0.2, 0.25) is 0 Å². The van der Waals surface area contributed by atoms with E-state index in [0.29, 0.717) is 36.0 Å². The summed E-state index contributed by atoms with van der Waals surface area (Å²) in [7, 11) is 0. The van der Waals surface area contributed by atoms with Gasteiger partial charge in [-0.1, -0.05) is 30.3 Å². The van der Waals surface area contributed by atoms with Gasteiger partial charge in [0, 0.05) is 11.3 Å². The summed E-state index contributed by atoms with van der Waals surface area (Å²) in [5.74, 6) is -0.132. The first-order valence-corrected chi connectivity index (χ1v) is 11.1. The minimum atomic E-state index is -0.522. The Bertz CT molecular complexity index is 1220. The van der Waals surface area contributed by atoms with Crippen molar-refractivity contribution in [3.05, 3.63) is 95.4 Å². The summed E-state index contributed by atoms with van der Waals surface area (Å²) >= 11 is 0. The van der Waals surface area contributed by atoms with Crippen molar-refractivity contribution in [3.63, 3.8) is 0 Å². The first-order chi connectivity index (χ1) is 16.5. The predicted octanol–water partition coefficient (Wildman–Crippen LogP) is 5.02. The molecule has 0 atom stereocenters. The van der Waals surface area contributed by atoms with E-state index in [2.05, 4.69) is 5.32 Å². The number of hydrogen-bond acceptors (Lipinski definition) is 5. The van der Waals surface area contributed by atoms with Crippen molar-refractivity contribution in [2.45, 2.75) is 20.4 Å². The predicted molar refractivity (Wildman–Crippen MR) is 128 cm³/mol. The van der Waals surface area contributed by atoms with Crippen LogP contribution >= 0.6 is 0 Å². The van der Waals surface area contributed by atoms with Gasteiger partial charge in [0.15, 0.2) is 0 Å². The number of halogens is 1. The van der Waals surface area contributed by atoms with Crippen LogP contribution in [0.15, 0.2) is 78.5 Å². The van der Waals surface area contributed by atoms with Crippen molar-refractivity contribution in [1.82, 2.24) is 4.90 Å². The number of amides is 2. The van der Waals surface area contributed by atoms with Crippen LogP contribution in [0.25, 0.3) is 5.57 Å². The fourth-order valence-corrected chi connectivity index (χ4v) is 3.73. The highest BCUT2D eigenvalue weighted by Crippen LogP contribution is 2.33. The molecule has 0 bridgehead atoms. The van der Waals surface area contributed by atoms with Gasteiger partial charge < -0.3 is 14.8 Å². The van der Waals surface area contributed by atoms with Gasteiger partial charge >= 0.3 is 0 Å². The van der Waals surface area contributed by atoms with E-state index in [1.165, 1.54) is 6.07 Å². The van der Waals surface area contributed by atoms with Gasteiger partial charge in [-0.15, -0.1) is 0 Å². The van der Waals surface area contributed by atoms with Gasteiger partial charge in [0.1, 0.15) is 23.0 Å². The summed E-state index contributed by atoms with van der Waals surface area (Å²) < 4.78 is 25.2. The maximum absolute atomic E-state index is 14.3. The highest BCUT2D eigenvalue weighted by molar-refractivity contribution is 6.36. The molecule has 0 unspecified atom stereocenters. The Labute approximate surface area is 197 Å². The lowest BCUT2D eigenvalue weighted by Gasteiger charge is -2.16. The molecular formula is C27H25FN2O4. The van der Waals surface area contributed by atoms with E-state index in [4.69, 9.17) is 9.47 Å². The van der Waals surface area contributed by atoms with Crippen molar-refractivity contribution < 1.29 is 23.5 Å². The van der Waals surface area contributed by atoms with E-state index >= 15 is 0 Å². The van der Waals surface area contributed by atoms with E-state index in [-0.39, 0.29) is 23.4 Å². The minimum absolute atomic E-state index is 0.134. The SMILES string of the molecule is CCOc1ccc(NC2=C(c3ccc(OCC)cc3)C(=O)N(Cc3ccccc3F)C2=O)cc1. The molecule has 6 nitrogen and oxygen atoms in total. The molecular weight excluding hydrogens is 435 g/mol. The molecule has 0 radical (unpaired) electrons. The average Bonchev–Trinajstić information content (AvgIpc) is 3.07. The van der Waals surface area contributed by atoms with Crippen molar-refractivity contribution in [1.29, 1.82) is 0 Å². The molecule has 2 amide bonds. The fraction of sp³-hybridized carbons (Fsp3) is 0.185. The Kier molecular flexibility index (Phi) is 6.92. The summed E-state index contributed by atoms with van der Waals surface area (Å²) in [4.78, 5) is 27.8. The molecule has 174 valence electrons. The van der Waals surface area contributed by atoms with E-state index < -0.39 is 17.6 Å². The van der Waals surface area contributed by atoms with Crippen LogP contribution in [-0.4, -0.2) is 29.9 Å². The van der Waals surface area contributed by atoms with Gasteiger partial charge in [0.05, 0.1) is 25.3 Å². The second-order valence-electron chi connectivity index (χ2n) is 7.58. The molecule has 4 rings (SSSR count). The van der Waals surface area contributed by atoms with Crippen LogP contribution in [0.3, 0.4) is 0 Å². The third-order valence-corrected chi connectivity index (χ3v) is 5.34. The monoisotopic (exact) mass is 460 g/mol. The lowest BCUT2D eigenvalue weighted by Crippen LogP contribution is -2.32. The highest BCUT2D eigenvalue weighted by atomic mass is 19.1. The van der Waals surface area contributed by atoms with Crippen LogP contribution in [0.1, 0.15) is 25.0 Å². The van der Waals surface area contributed by atoms with Crippen LogP contribution in [0.4, 0.5) is 10.1 Å². The minimum Gasteiger partial charge on any atom is -0.494 e. The number of ether oxygens (including phenoxy) is 2. The molecule has 7 heteroatoms. The van der Waals surface area contributed by atoms with Crippen LogP contribution in [0.5, 0.6) is 11.5 Å². The summed E-state index contributed by atoms with van der Waals surface area (Å²) in [6, 6.07) is 20.2. The maximum Gasteiger partial charge on any atom is 0.278 e. The normalized spacial score (nSPS) is 13.4. The van der Waals surface area contributed by atoms with E-state index in [1.807, 2.05) is 13.8 Å². The first-order valence-electron chi connectivity index (χ1n) is 11.1. The maximum atomic E-state index is 14.3. The number of anilines is 1. The Morgan fingerprint density at radius 2 is 1.38 bits per heavy atom. The molecule has 0 saturated heterocycles. The van der Waals surface area contributed by atoms with Crippen molar-refractivity contribution in [3.8, 4) is 11.5 Å². The Balaban J connectivity index is 1.70. The second-order valence-corrected chi connectivity index (χ2v) is 7.58. The number of carbonyl (C=O) groups is 2. The summed E-state index contributed by atoms with van der Waals surface area (Å²) in [5.41, 5.74) is 1.80. The van der Waals surface area contributed by atoms with Crippen LogP contribution in [0.2, 0.25) is 0 Å². The average molecular weight is 461 g/mol. The van der Waals surface area contributed by atoms with Gasteiger partial charge in [-0.25, -0.2) is 4.39 Å². The van der Waals surface area contributed by atoms with E-state index in [0.717, 1.165) is 4.90 Å². The summed E-state index contributed by atoms with van der Waals surface area (Å²) in [5, 5.41) is 3.10. The van der Waals surface area contributed by atoms with Gasteiger partial charge in [-0.05, 0) is 61.9 Å². The van der Waals surface area contributed by atoms with E-state index in [9.17, 15) is 14.0 Å². The summed E-state index contributed by atoms with van der Waals surface area (Å²) in [6.07, 6.45) is 0. The van der Waals surface area contributed by atoms with Gasteiger partial charge in [-0.2, -0.15) is 0 Å². The van der Waals surface area contributed by atoms with E-state index in [1.54, 1.807) is 66.7 Å². The number of nitrogens with one attached hydrogen (secondary N) is 1. The molecule has 1 aliphatic heterocycles. The Morgan fingerprint density at radius 1 is 0.794 bits per heavy atom. The third-order valence-electron chi connectivity index (χ3n) is 5.34. The molecule has 0 aliphatic carbocycles. The molecule has 0 fully saturated rings. The zero-order valence-corrected chi connectivity index (χ0v) is 19.0. The standard InChI is InChI=1S/C27H25FN2O4/c1-3-33-21-13-9-18(10-14-21)24-25(29-20-11-15-22(16-12-20)34-4-2)27(32)30(26(24)31)17-19-7-5-6-8-23(19)28/h5-16,29H,3-4,17H2,1-2H3. The molecule has 3 aromatic rings.